The van der Waals surface area contributed by atoms with E-state index in [4.69, 9.17) is 5.73 Å². The molecule has 0 aliphatic heterocycles. The van der Waals surface area contributed by atoms with E-state index in [1.807, 2.05) is 6.92 Å². The zero-order valence-electron chi connectivity index (χ0n) is 7.15. The molecule has 0 aromatic heterocycles. The summed E-state index contributed by atoms with van der Waals surface area (Å²) in [5.41, 5.74) is 5.97. The van der Waals surface area contributed by atoms with E-state index >= 15 is 0 Å². The van der Waals surface area contributed by atoms with Crippen LogP contribution in [0, 0.1) is 11.6 Å². The summed E-state index contributed by atoms with van der Waals surface area (Å²) in [7, 11) is 0. The molecule has 0 aliphatic carbocycles. The van der Waals surface area contributed by atoms with Gasteiger partial charge in [-0.3, -0.25) is 0 Å². The van der Waals surface area contributed by atoms with Gasteiger partial charge in [-0.15, -0.1) is 0 Å². The Morgan fingerprint density at radius 3 is 2.23 bits per heavy atom. The van der Waals surface area contributed by atoms with E-state index in [2.05, 4.69) is 15.9 Å². The maximum atomic E-state index is 13.0. The molecule has 1 unspecified atom stereocenters. The third kappa shape index (κ3) is 2.25. The van der Waals surface area contributed by atoms with Crippen LogP contribution in [-0.2, 0) is 0 Å². The molecule has 0 amide bonds. The van der Waals surface area contributed by atoms with Crippen molar-refractivity contribution >= 4 is 15.9 Å². The first-order chi connectivity index (χ1) is 6.06. The van der Waals surface area contributed by atoms with Gasteiger partial charge in [-0.25, -0.2) is 8.78 Å². The second-order valence-corrected chi connectivity index (χ2v) is 3.73. The first-order valence-corrected chi connectivity index (χ1v) is 4.70. The Morgan fingerprint density at radius 2 is 1.85 bits per heavy atom. The third-order valence-corrected chi connectivity index (χ3v) is 2.69. The molecule has 13 heavy (non-hydrogen) atoms. The molecule has 0 radical (unpaired) electrons. The highest BCUT2D eigenvalue weighted by molar-refractivity contribution is 9.10. The number of hydrogen-bond acceptors (Lipinski definition) is 1. The minimum Gasteiger partial charge on any atom is -0.330 e. The van der Waals surface area contributed by atoms with Gasteiger partial charge < -0.3 is 5.73 Å². The van der Waals surface area contributed by atoms with Crippen molar-refractivity contribution < 1.29 is 8.78 Å². The second-order valence-electron chi connectivity index (χ2n) is 2.94. The van der Waals surface area contributed by atoms with E-state index in [-0.39, 0.29) is 10.4 Å². The number of rotatable bonds is 2. The lowest BCUT2D eigenvalue weighted by Gasteiger charge is -2.09. The van der Waals surface area contributed by atoms with Crippen molar-refractivity contribution in [2.24, 2.45) is 5.73 Å². The topological polar surface area (TPSA) is 26.0 Å². The van der Waals surface area contributed by atoms with Gasteiger partial charge in [0.1, 0.15) is 11.6 Å². The molecule has 1 rings (SSSR count). The molecule has 1 nitrogen and oxygen atoms in total. The molecule has 1 atom stereocenters. The van der Waals surface area contributed by atoms with Crippen LogP contribution in [-0.4, -0.2) is 6.54 Å². The molecular formula is C9H10BrF2N. The zero-order valence-corrected chi connectivity index (χ0v) is 8.74. The molecule has 0 bridgehead atoms. The minimum absolute atomic E-state index is 0.0305. The monoisotopic (exact) mass is 249 g/mol. The summed E-state index contributed by atoms with van der Waals surface area (Å²) in [6.07, 6.45) is 0. The maximum Gasteiger partial charge on any atom is 0.140 e. The fourth-order valence-electron chi connectivity index (χ4n) is 0.996. The molecule has 4 heteroatoms. The lowest BCUT2D eigenvalue weighted by atomic mass is 10.0. The number of benzene rings is 1. The molecule has 0 aliphatic rings. The predicted octanol–water partition coefficient (Wildman–Crippen LogP) is 2.79. The summed E-state index contributed by atoms with van der Waals surface area (Å²) in [6.45, 7) is 2.20. The molecule has 1 aromatic carbocycles. The van der Waals surface area contributed by atoms with Gasteiger partial charge in [0.2, 0.25) is 0 Å². The van der Waals surface area contributed by atoms with Crippen molar-refractivity contribution in [3.8, 4) is 0 Å². The Hall–Kier alpha value is -0.480. The first-order valence-electron chi connectivity index (χ1n) is 3.90. The number of hydrogen-bond donors (Lipinski definition) is 1. The Labute approximate surface area is 84.1 Å². The lowest BCUT2D eigenvalue weighted by molar-refractivity contribution is 0.564. The van der Waals surface area contributed by atoms with E-state index in [1.54, 1.807) is 0 Å². The number of halogens is 3. The van der Waals surface area contributed by atoms with Gasteiger partial charge in [0.05, 0.1) is 4.47 Å². The second kappa shape index (κ2) is 4.15. The average Bonchev–Trinajstić information content (AvgIpc) is 2.12. The van der Waals surface area contributed by atoms with E-state index in [0.29, 0.717) is 12.1 Å². The van der Waals surface area contributed by atoms with Crippen LogP contribution in [0.3, 0.4) is 0 Å². The average molecular weight is 250 g/mol. The summed E-state index contributed by atoms with van der Waals surface area (Å²) in [5, 5.41) is 0. The Balaban J connectivity index is 3.13. The van der Waals surface area contributed by atoms with Crippen LogP contribution < -0.4 is 5.73 Å². The fourth-order valence-corrected chi connectivity index (χ4v) is 1.22. The molecule has 2 N–H and O–H groups in total. The quantitative estimate of drug-likeness (QED) is 0.802. The molecule has 0 spiro atoms. The summed E-state index contributed by atoms with van der Waals surface area (Å²) in [4.78, 5) is 0. The molecule has 0 saturated carbocycles. The van der Waals surface area contributed by atoms with Gasteiger partial charge in [0.25, 0.3) is 0 Å². The van der Waals surface area contributed by atoms with Crippen LogP contribution in [0.2, 0.25) is 0 Å². The summed E-state index contributed by atoms with van der Waals surface area (Å²) in [5.74, 6) is -1.21. The highest BCUT2D eigenvalue weighted by Crippen LogP contribution is 2.24. The highest BCUT2D eigenvalue weighted by atomic mass is 79.9. The van der Waals surface area contributed by atoms with Crippen LogP contribution in [0.5, 0.6) is 0 Å². The van der Waals surface area contributed by atoms with Crippen LogP contribution in [0.4, 0.5) is 8.78 Å². The summed E-state index contributed by atoms with van der Waals surface area (Å²) in [6, 6.07) is 2.59. The van der Waals surface area contributed by atoms with E-state index < -0.39 is 11.6 Å². The van der Waals surface area contributed by atoms with Gasteiger partial charge in [-0.2, -0.15) is 0 Å². The van der Waals surface area contributed by atoms with Gasteiger partial charge in [-0.1, -0.05) is 6.92 Å². The third-order valence-electron chi connectivity index (χ3n) is 1.93. The van der Waals surface area contributed by atoms with E-state index in [0.717, 1.165) is 0 Å². The van der Waals surface area contributed by atoms with Gasteiger partial charge in [0.15, 0.2) is 0 Å². The van der Waals surface area contributed by atoms with Crippen LogP contribution in [0.15, 0.2) is 16.6 Å². The van der Waals surface area contributed by atoms with Crippen molar-refractivity contribution in [2.75, 3.05) is 6.54 Å². The first kappa shape index (κ1) is 10.6. The standard InChI is InChI=1S/C9H10BrF2N/c1-5(4-13)6-2-7(11)9(10)8(12)3-6/h2-3,5H,4,13H2,1H3. The molecule has 0 fully saturated rings. The van der Waals surface area contributed by atoms with Crippen LogP contribution >= 0.6 is 15.9 Å². The molecular weight excluding hydrogens is 240 g/mol. The highest BCUT2D eigenvalue weighted by Gasteiger charge is 2.11. The van der Waals surface area contributed by atoms with Crippen LogP contribution in [0.1, 0.15) is 18.4 Å². The largest absolute Gasteiger partial charge is 0.330 e. The number of nitrogens with two attached hydrogens (primary N) is 1. The van der Waals surface area contributed by atoms with Crippen molar-refractivity contribution in [3.63, 3.8) is 0 Å². The molecule has 0 heterocycles. The minimum atomic E-state index is -0.588. The van der Waals surface area contributed by atoms with Gasteiger partial charge >= 0.3 is 0 Å². The predicted molar refractivity (Wildman–Crippen MR) is 51.5 cm³/mol. The molecule has 1 aromatic rings. The summed E-state index contributed by atoms with van der Waals surface area (Å²) < 4.78 is 25.9. The normalized spacial score (nSPS) is 13.0. The summed E-state index contributed by atoms with van der Waals surface area (Å²) >= 11 is 2.80. The van der Waals surface area contributed by atoms with Crippen molar-refractivity contribution in [2.45, 2.75) is 12.8 Å². The maximum absolute atomic E-state index is 13.0. The SMILES string of the molecule is CC(CN)c1cc(F)c(Br)c(F)c1. The van der Waals surface area contributed by atoms with E-state index in [1.165, 1.54) is 12.1 Å². The van der Waals surface area contributed by atoms with Crippen molar-refractivity contribution in [3.05, 3.63) is 33.8 Å². The van der Waals surface area contributed by atoms with Crippen molar-refractivity contribution in [1.29, 1.82) is 0 Å². The van der Waals surface area contributed by atoms with Gasteiger partial charge in [-0.05, 0) is 46.1 Å². The molecule has 0 saturated heterocycles. The van der Waals surface area contributed by atoms with Gasteiger partial charge in [0, 0.05) is 0 Å². The van der Waals surface area contributed by atoms with E-state index in [9.17, 15) is 8.78 Å². The Morgan fingerprint density at radius 1 is 1.38 bits per heavy atom. The smallest absolute Gasteiger partial charge is 0.140 e. The van der Waals surface area contributed by atoms with Crippen LogP contribution in [0.25, 0.3) is 0 Å². The lowest BCUT2D eigenvalue weighted by Crippen LogP contribution is -2.09. The zero-order chi connectivity index (χ0) is 10.0. The Bertz CT molecular complexity index is 291. The molecule has 72 valence electrons. The Kier molecular flexibility index (Phi) is 3.39. The van der Waals surface area contributed by atoms with Crippen molar-refractivity contribution in [1.82, 2.24) is 0 Å². The fraction of sp³-hybridized carbons (Fsp3) is 0.333.